The number of nitrogens with zero attached hydrogens (tertiary/aromatic N) is 2. The van der Waals surface area contributed by atoms with Crippen molar-refractivity contribution < 1.29 is 14.3 Å². The monoisotopic (exact) mass is 381 g/mol. The fraction of sp³-hybridized carbons (Fsp3) is 0.364. The number of para-hydroxylation sites is 2. The zero-order valence-electron chi connectivity index (χ0n) is 16.5. The Bertz CT molecular complexity index is 829. The largest absolute Gasteiger partial charge is 0.462 e. The zero-order valence-corrected chi connectivity index (χ0v) is 16.5. The van der Waals surface area contributed by atoms with Gasteiger partial charge in [-0.2, -0.15) is 0 Å². The van der Waals surface area contributed by atoms with Crippen molar-refractivity contribution in [1.29, 1.82) is 0 Å². The number of rotatable bonds is 5. The van der Waals surface area contributed by atoms with E-state index in [0.717, 1.165) is 23.4 Å². The highest BCUT2D eigenvalue weighted by atomic mass is 16.5. The van der Waals surface area contributed by atoms with Gasteiger partial charge in [0.15, 0.2) is 0 Å². The molecule has 3 rings (SSSR count). The van der Waals surface area contributed by atoms with E-state index in [0.29, 0.717) is 38.3 Å². The molecule has 6 heteroatoms. The maximum atomic E-state index is 12.7. The summed E-state index contributed by atoms with van der Waals surface area (Å²) >= 11 is 0. The summed E-state index contributed by atoms with van der Waals surface area (Å²) in [4.78, 5) is 28.8. The van der Waals surface area contributed by atoms with Crippen LogP contribution in [0, 0.1) is 0 Å². The summed E-state index contributed by atoms with van der Waals surface area (Å²) in [6.45, 7) is 6.74. The average Bonchev–Trinajstić information content (AvgIpc) is 2.74. The van der Waals surface area contributed by atoms with Crippen LogP contribution in [0.25, 0.3) is 0 Å². The Morgan fingerprint density at radius 3 is 2.36 bits per heavy atom. The molecule has 0 unspecified atom stereocenters. The minimum absolute atomic E-state index is 0.0840. The lowest BCUT2D eigenvalue weighted by Gasteiger charge is -2.36. The molecule has 1 aliphatic heterocycles. The van der Waals surface area contributed by atoms with Gasteiger partial charge in [0.05, 0.1) is 17.9 Å². The first-order valence-electron chi connectivity index (χ1n) is 9.79. The van der Waals surface area contributed by atoms with Gasteiger partial charge in [-0.1, -0.05) is 37.3 Å². The Kier molecular flexibility index (Phi) is 6.53. The maximum absolute atomic E-state index is 12.7. The minimum Gasteiger partial charge on any atom is -0.462 e. The van der Waals surface area contributed by atoms with Crippen molar-refractivity contribution in [3.63, 3.8) is 0 Å². The van der Waals surface area contributed by atoms with Gasteiger partial charge in [-0.05, 0) is 37.1 Å². The van der Waals surface area contributed by atoms with E-state index in [-0.39, 0.29) is 12.0 Å². The summed E-state index contributed by atoms with van der Waals surface area (Å²) in [6.07, 6.45) is 0.870. The van der Waals surface area contributed by atoms with Crippen LogP contribution in [0.4, 0.5) is 16.2 Å². The van der Waals surface area contributed by atoms with Crippen molar-refractivity contribution in [2.24, 2.45) is 0 Å². The van der Waals surface area contributed by atoms with Crippen LogP contribution in [0.5, 0.6) is 0 Å². The molecule has 1 saturated heterocycles. The third-order valence-electron chi connectivity index (χ3n) is 4.95. The van der Waals surface area contributed by atoms with Crippen LogP contribution in [0.1, 0.15) is 29.8 Å². The Labute approximate surface area is 166 Å². The number of anilines is 2. The number of hydrogen-bond donors (Lipinski definition) is 1. The van der Waals surface area contributed by atoms with Crippen molar-refractivity contribution in [1.82, 2.24) is 4.90 Å². The predicted molar refractivity (Wildman–Crippen MR) is 111 cm³/mol. The van der Waals surface area contributed by atoms with Crippen LogP contribution in [0.15, 0.2) is 48.5 Å². The number of hydrogen-bond acceptors (Lipinski definition) is 4. The number of carbonyl (C=O) groups is 2. The van der Waals surface area contributed by atoms with Gasteiger partial charge in [0.25, 0.3) is 0 Å². The summed E-state index contributed by atoms with van der Waals surface area (Å²) in [5.41, 5.74) is 3.42. The van der Waals surface area contributed by atoms with Crippen molar-refractivity contribution in [2.45, 2.75) is 20.3 Å². The molecule has 1 heterocycles. The van der Waals surface area contributed by atoms with Gasteiger partial charge in [0.2, 0.25) is 0 Å². The van der Waals surface area contributed by atoms with Crippen LogP contribution in [0.2, 0.25) is 0 Å². The number of esters is 1. The standard InChI is InChI=1S/C22H27N3O3/c1-3-17-9-5-7-11-19(17)23-22(27)25-15-13-24(14-16-25)20-12-8-6-10-18(20)21(26)28-4-2/h5-12H,3-4,13-16H2,1-2H3,(H,23,27). The van der Waals surface area contributed by atoms with E-state index in [1.807, 2.05) is 47.4 Å². The lowest BCUT2D eigenvalue weighted by Crippen LogP contribution is -2.50. The second-order valence-electron chi connectivity index (χ2n) is 6.65. The molecule has 148 valence electrons. The normalized spacial score (nSPS) is 13.9. The van der Waals surface area contributed by atoms with Gasteiger partial charge in [0, 0.05) is 31.9 Å². The van der Waals surface area contributed by atoms with E-state index in [1.54, 1.807) is 13.0 Å². The number of nitrogens with one attached hydrogen (secondary N) is 1. The van der Waals surface area contributed by atoms with Gasteiger partial charge in [-0.3, -0.25) is 0 Å². The molecule has 6 nitrogen and oxygen atoms in total. The molecule has 0 atom stereocenters. The van der Waals surface area contributed by atoms with E-state index in [1.165, 1.54) is 0 Å². The number of urea groups is 1. The molecule has 0 aliphatic carbocycles. The summed E-state index contributed by atoms with van der Waals surface area (Å²) < 4.78 is 5.17. The fourth-order valence-corrected chi connectivity index (χ4v) is 3.43. The highest BCUT2D eigenvalue weighted by Crippen LogP contribution is 2.23. The average molecular weight is 381 g/mol. The first-order chi connectivity index (χ1) is 13.6. The van der Waals surface area contributed by atoms with Gasteiger partial charge in [-0.25, -0.2) is 9.59 Å². The number of benzene rings is 2. The number of amides is 2. The molecule has 0 radical (unpaired) electrons. The molecule has 2 amide bonds. The lowest BCUT2D eigenvalue weighted by molar-refractivity contribution is 0.0527. The molecule has 0 spiro atoms. The SMILES string of the molecule is CCOC(=O)c1ccccc1N1CCN(C(=O)Nc2ccccc2CC)CC1. The van der Waals surface area contributed by atoms with Crippen molar-refractivity contribution >= 4 is 23.4 Å². The molecule has 0 saturated carbocycles. The Balaban J connectivity index is 1.63. The van der Waals surface area contributed by atoms with Crippen LogP contribution in [-0.2, 0) is 11.2 Å². The third kappa shape index (κ3) is 4.44. The number of aryl methyl sites for hydroxylation is 1. The highest BCUT2D eigenvalue weighted by molar-refractivity contribution is 5.96. The topological polar surface area (TPSA) is 61.9 Å². The smallest absolute Gasteiger partial charge is 0.340 e. The minimum atomic E-state index is -0.311. The van der Waals surface area contributed by atoms with Gasteiger partial charge in [-0.15, -0.1) is 0 Å². The zero-order chi connectivity index (χ0) is 19.9. The predicted octanol–water partition coefficient (Wildman–Crippen LogP) is 3.78. The quantitative estimate of drug-likeness (QED) is 0.801. The molecule has 28 heavy (non-hydrogen) atoms. The lowest BCUT2D eigenvalue weighted by atomic mass is 10.1. The van der Waals surface area contributed by atoms with Crippen LogP contribution < -0.4 is 10.2 Å². The second kappa shape index (κ2) is 9.26. The number of ether oxygens (including phenoxy) is 1. The van der Waals surface area contributed by atoms with Gasteiger partial charge < -0.3 is 19.9 Å². The number of piperazine rings is 1. The molecule has 1 aliphatic rings. The molecule has 2 aromatic carbocycles. The van der Waals surface area contributed by atoms with Gasteiger partial charge in [0.1, 0.15) is 0 Å². The molecule has 1 fully saturated rings. The summed E-state index contributed by atoms with van der Waals surface area (Å²) in [5.74, 6) is -0.311. The van der Waals surface area contributed by atoms with Gasteiger partial charge >= 0.3 is 12.0 Å². The van der Waals surface area contributed by atoms with E-state index >= 15 is 0 Å². The Hall–Kier alpha value is -3.02. The van der Waals surface area contributed by atoms with Crippen molar-refractivity contribution in [3.8, 4) is 0 Å². The molecular weight excluding hydrogens is 354 g/mol. The van der Waals surface area contributed by atoms with E-state index < -0.39 is 0 Å². The Morgan fingerprint density at radius 2 is 1.64 bits per heavy atom. The molecular formula is C22H27N3O3. The molecule has 0 aromatic heterocycles. The fourth-order valence-electron chi connectivity index (χ4n) is 3.43. The number of carbonyl (C=O) groups excluding carboxylic acids is 2. The van der Waals surface area contributed by atoms with E-state index in [9.17, 15) is 9.59 Å². The van der Waals surface area contributed by atoms with Crippen molar-refractivity contribution in [3.05, 3.63) is 59.7 Å². The second-order valence-corrected chi connectivity index (χ2v) is 6.65. The summed E-state index contributed by atoms with van der Waals surface area (Å²) in [7, 11) is 0. The Morgan fingerprint density at radius 1 is 0.964 bits per heavy atom. The van der Waals surface area contributed by atoms with Crippen LogP contribution >= 0.6 is 0 Å². The molecule has 1 N–H and O–H groups in total. The van der Waals surface area contributed by atoms with Crippen molar-refractivity contribution in [2.75, 3.05) is 43.0 Å². The van der Waals surface area contributed by atoms with E-state index in [4.69, 9.17) is 4.74 Å². The maximum Gasteiger partial charge on any atom is 0.340 e. The molecule has 2 aromatic rings. The first-order valence-corrected chi connectivity index (χ1v) is 9.79. The van der Waals surface area contributed by atoms with Crippen LogP contribution in [-0.4, -0.2) is 49.7 Å². The summed E-state index contributed by atoms with van der Waals surface area (Å²) in [6, 6.07) is 15.3. The first kappa shape index (κ1) is 19.7. The summed E-state index contributed by atoms with van der Waals surface area (Å²) in [5, 5.41) is 3.03. The van der Waals surface area contributed by atoms with E-state index in [2.05, 4.69) is 17.1 Å². The molecule has 0 bridgehead atoms. The highest BCUT2D eigenvalue weighted by Gasteiger charge is 2.24. The third-order valence-corrected chi connectivity index (χ3v) is 4.95. The van der Waals surface area contributed by atoms with Crippen LogP contribution in [0.3, 0.4) is 0 Å².